The molecule has 3 heteroatoms. The van der Waals surface area contributed by atoms with E-state index >= 15 is 0 Å². The topological polar surface area (TPSA) is 24.5 Å². The van der Waals surface area contributed by atoms with Gasteiger partial charge in [-0.25, -0.2) is 0 Å². The van der Waals surface area contributed by atoms with Crippen LogP contribution in [0.25, 0.3) is 0 Å². The lowest BCUT2D eigenvalue weighted by Crippen LogP contribution is -2.45. The van der Waals surface area contributed by atoms with Crippen LogP contribution < -0.4 is 5.32 Å². The molecule has 0 amide bonds. The van der Waals surface area contributed by atoms with Gasteiger partial charge in [0.2, 0.25) is 0 Å². The van der Waals surface area contributed by atoms with E-state index in [2.05, 4.69) is 24.1 Å². The predicted molar refractivity (Wildman–Crippen MR) is 64.2 cm³/mol. The summed E-state index contributed by atoms with van der Waals surface area (Å²) in [4.78, 5) is 2.53. The number of nitrogens with one attached hydrogen (secondary N) is 1. The molecule has 0 bridgehead atoms. The first-order valence-corrected chi connectivity index (χ1v) is 6.22. The van der Waals surface area contributed by atoms with Gasteiger partial charge in [-0.05, 0) is 38.8 Å². The molecule has 0 spiro atoms. The minimum absolute atomic E-state index is 0.653. The number of hydrogen-bond donors (Lipinski definition) is 1. The van der Waals surface area contributed by atoms with Crippen molar-refractivity contribution in [3.8, 4) is 0 Å². The van der Waals surface area contributed by atoms with Crippen LogP contribution in [0, 0.1) is 5.92 Å². The molecule has 0 aliphatic carbocycles. The van der Waals surface area contributed by atoms with E-state index < -0.39 is 0 Å². The lowest BCUT2D eigenvalue weighted by atomic mass is 9.91. The first-order chi connectivity index (χ1) is 7.27. The molecule has 0 aromatic heterocycles. The van der Waals surface area contributed by atoms with E-state index in [4.69, 9.17) is 4.74 Å². The first kappa shape index (κ1) is 12.9. The van der Waals surface area contributed by atoms with Crippen molar-refractivity contribution in [3.05, 3.63) is 0 Å². The number of hydrogen-bond acceptors (Lipinski definition) is 3. The number of methoxy groups -OCH3 is 1. The fourth-order valence-electron chi connectivity index (χ4n) is 2.41. The van der Waals surface area contributed by atoms with E-state index in [-0.39, 0.29) is 0 Å². The smallest absolute Gasteiger partial charge is 0.0589 e. The van der Waals surface area contributed by atoms with Gasteiger partial charge in [0.05, 0.1) is 6.61 Å². The Kier molecular flexibility index (Phi) is 6.22. The second kappa shape index (κ2) is 7.20. The normalized spacial score (nSPS) is 25.4. The van der Waals surface area contributed by atoms with Gasteiger partial charge in [0.25, 0.3) is 0 Å². The van der Waals surface area contributed by atoms with Crippen LogP contribution in [0.3, 0.4) is 0 Å². The third-order valence-electron chi connectivity index (χ3n) is 3.39. The molecule has 0 saturated carbocycles. The maximum Gasteiger partial charge on any atom is 0.0589 e. The average molecular weight is 214 g/mol. The molecular formula is C12H26N2O. The fraction of sp³-hybridized carbons (Fsp3) is 1.00. The molecule has 1 aliphatic heterocycles. The van der Waals surface area contributed by atoms with Crippen LogP contribution in [0.5, 0.6) is 0 Å². The van der Waals surface area contributed by atoms with Crippen molar-refractivity contribution < 1.29 is 4.74 Å². The molecule has 90 valence electrons. The minimum atomic E-state index is 0.653. The standard InChI is InChI=1S/C12H26N2O/c1-4-13-11(2)12-6-5-7-14(10-12)8-9-15-3/h11-13H,4-10H2,1-3H3. The van der Waals surface area contributed by atoms with Gasteiger partial charge in [-0.2, -0.15) is 0 Å². The van der Waals surface area contributed by atoms with Gasteiger partial charge < -0.3 is 15.0 Å². The van der Waals surface area contributed by atoms with Crippen LogP contribution >= 0.6 is 0 Å². The Morgan fingerprint density at radius 2 is 2.33 bits per heavy atom. The molecule has 1 aliphatic rings. The number of rotatable bonds is 6. The van der Waals surface area contributed by atoms with Crippen molar-refractivity contribution in [3.63, 3.8) is 0 Å². The van der Waals surface area contributed by atoms with Gasteiger partial charge >= 0.3 is 0 Å². The van der Waals surface area contributed by atoms with Gasteiger partial charge in [-0.3, -0.25) is 0 Å². The Morgan fingerprint density at radius 3 is 3.00 bits per heavy atom. The van der Waals surface area contributed by atoms with Crippen molar-refractivity contribution >= 4 is 0 Å². The van der Waals surface area contributed by atoms with Crippen LogP contribution in [0.2, 0.25) is 0 Å². The van der Waals surface area contributed by atoms with E-state index in [0.29, 0.717) is 6.04 Å². The minimum Gasteiger partial charge on any atom is -0.383 e. The van der Waals surface area contributed by atoms with Crippen molar-refractivity contribution in [1.29, 1.82) is 0 Å². The van der Waals surface area contributed by atoms with Crippen molar-refractivity contribution in [2.24, 2.45) is 5.92 Å². The Bertz CT molecular complexity index is 164. The monoisotopic (exact) mass is 214 g/mol. The summed E-state index contributed by atoms with van der Waals surface area (Å²) in [6, 6.07) is 0.653. The Balaban J connectivity index is 2.28. The molecule has 2 atom stereocenters. The summed E-state index contributed by atoms with van der Waals surface area (Å²) >= 11 is 0. The molecule has 1 fully saturated rings. The highest BCUT2D eigenvalue weighted by molar-refractivity contribution is 4.79. The van der Waals surface area contributed by atoms with E-state index in [1.807, 2.05) is 0 Å². The highest BCUT2D eigenvalue weighted by Gasteiger charge is 2.23. The zero-order chi connectivity index (χ0) is 11.1. The number of nitrogens with zero attached hydrogens (tertiary/aromatic N) is 1. The molecule has 0 radical (unpaired) electrons. The van der Waals surface area contributed by atoms with E-state index in [1.54, 1.807) is 7.11 Å². The largest absolute Gasteiger partial charge is 0.383 e. The molecule has 2 unspecified atom stereocenters. The second-order valence-electron chi connectivity index (χ2n) is 4.54. The molecule has 0 aromatic carbocycles. The van der Waals surface area contributed by atoms with Crippen LogP contribution in [-0.2, 0) is 4.74 Å². The summed E-state index contributed by atoms with van der Waals surface area (Å²) in [7, 11) is 1.78. The molecule has 1 N–H and O–H groups in total. The highest BCUT2D eigenvalue weighted by Crippen LogP contribution is 2.19. The van der Waals surface area contributed by atoms with Gasteiger partial charge in [0.15, 0.2) is 0 Å². The summed E-state index contributed by atoms with van der Waals surface area (Å²) in [5.41, 5.74) is 0. The van der Waals surface area contributed by atoms with Gasteiger partial charge in [-0.15, -0.1) is 0 Å². The molecule has 0 aromatic rings. The van der Waals surface area contributed by atoms with Crippen LogP contribution in [0.4, 0.5) is 0 Å². The van der Waals surface area contributed by atoms with E-state index in [9.17, 15) is 0 Å². The summed E-state index contributed by atoms with van der Waals surface area (Å²) in [5, 5.41) is 3.53. The number of piperidine rings is 1. The van der Waals surface area contributed by atoms with Gasteiger partial charge in [-0.1, -0.05) is 6.92 Å². The first-order valence-electron chi connectivity index (χ1n) is 6.22. The molecule has 1 rings (SSSR count). The molecule has 15 heavy (non-hydrogen) atoms. The third kappa shape index (κ3) is 4.49. The summed E-state index contributed by atoms with van der Waals surface area (Å²) in [5.74, 6) is 0.815. The van der Waals surface area contributed by atoms with Gasteiger partial charge in [0.1, 0.15) is 0 Å². The van der Waals surface area contributed by atoms with Gasteiger partial charge in [0, 0.05) is 26.2 Å². The van der Waals surface area contributed by atoms with Crippen LogP contribution in [0.1, 0.15) is 26.7 Å². The van der Waals surface area contributed by atoms with E-state index in [1.165, 1.54) is 25.9 Å². The lowest BCUT2D eigenvalue weighted by Gasteiger charge is -2.35. The lowest BCUT2D eigenvalue weighted by molar-refractivity contribution is 0.105. The molecule has 3 nitrogen and oxygen atoms in total. The number of likely N-dealkylation sites (tertiary alicyclic amines) is 1. The summed E-state index contributed by atoms with van der Waals surface area (Å²) < 4.78 is 5.13. The van der Waals surface area contributed by atoms with Crippen LogP contribution in [-0.4, -0.2) is 50.8 Å². The SMILES string of the molecule is CCNC(C)C1CCCN(CCOC)C1. The zero-order valence-corrected chi connectivity index (χ0v) is 10.5. The molecule has 1 saturated heterocycles. The number of ether oxygens (including phenoxy) is 1. The quantitative estimate of drug-likeness (QED) is 0.722. The maximum atomic E-state index is 5.13. The third-order valence-corrected chi connectivity index (χ3v) is 3.39. The van der Waals surface area contributed by atoms with E-state index in [0.717, 1.165) is 25.6 Å². The molecular weight excluding hydrogens is 188 g/mol. The van der Waals surface area contributed by atoms with Crippen molar-refractivity contribution in [1.82, 2.24) is 10.2 Å². The average Bonchev–Trinajstić information content (AvgIpc) is 2.27. The molecule has 1 heterocycles. The second-order valence-corrected chi connectivity index (χ2v) is 4.54. The van der Waals surface area contributed by atoms with Crippen molar-refractivity contribution in [2.75, 3.05) is 39.9 Å². The fourth-order valence-corrected chi connectivity index (χ4v) is 2.41. The maximum absolute atomic E-state index is 5.13. The summed E-state index contributed by atoms with van der Waals surface area (Å²) in [6.45, 7) is 10.0. The predicted octanol–water partition coefficient (Wildman–Crippen LogP) is 1.34. The zero-order valence-electron chi connectivity index (χ0n) is 10.5. The Labute approximate surface area is 94.2 Å². The highest BCUT2D eigenvalue weighted by atomic mass is 16.5. The Hall–Kier alpha value is -0.120. The van der Waals surface area contributed by atoms with Crippen LogP contribution in [0.15, 0.2) is 0 Å². The summed E-state index contributed by atoms with van der Waals surface area (Å²) in [6.07, 6.45) is 2.71. The Morgan fingerprint density at radius 1 is 1.53 bits per heavy atom. The van der Waals surface area contributed by atoms with Crippen molar-refractivity contribution in [2.45, 2.75) is 32.7 Å².